The van der Waals surface area contributed by atoms with Crippen LogP contribution in [0.2, 0.25) is 0 Å². The summed E-state index contributed by atoms with van der Waals surface area (Å²) in [5.41, 5.74) is 0.975. The van der Waals surface area contributed by atoms with Crippen LogP contribution in [0.4, 0.5) is 4.39 Å². The first-order chi connectivity index (χ1) is 6.27. The summed E-state index contributed by atoms with van der Waals surface area (Å²) in [5, 5.41) is 9.56. The van der Waals surface area contributed by atoms with Gasteiger partial charge in [-0.1, -0.05) is 24.3 Å². The van der Waals surface area contributed by atoms with Crippen molar-refractivity contribution in [1.82, 2.24) is 0 Å². The molecule has 0 spiro atoms. The lowest BCUT2D eigenvalue weighted by molar-refractivity contribution is 0.171. The third kappa shape index (κ3) is 1.63. The molecule has 0 unspecified atom stereocenters. The number of rotatable bonds is 1. The van der Waals surface area contributed by atoms with Gasteiger partial charge in [-0.3, -0.25) is 0 Å². The Morgan fingerprint density at radius 2 is 1.92 bits per heavy atom. The molecule has 0 saturated carbocycles. The molecule has 2 heteroatoms. The van der Waals surface area contributed by atoms with Crippen molar-refractivity contribution in [3.8, 4) is 0 Å². The van der Waals surface area contributed by atoms with Crippen molar-refractivity contribution < 1.29 is 9.50 Å². The van der Waals surface area contributed by atoms with Gasteiger partial charge in [0.1, 0.15) is 5.82 Å². The molecule has 13 heavy (non-hydrogen) atoms. The number of hydrogen-bond donors (Lipinski definition) is 1. The predicted molar refractivity (Wildman–Crippen MR) is 48.9 cm³/mol. The fourth-order valence-corrected chi connectivity index (χ4v) is 1.66. The highest BCUT2D eigenvalue weighted by Crippen LogP contribution is 2.28. The second-order valence-electron chi connectivity index (χ2n) is 3.31. The molecule has 1 aromatic rings. The van der Waals surface area contributed by atoms with Crippen molar-refractivity contribution in [1.29, 1.82) is 0 Å². The molecule has 1 N–H and O–H groups in total. The van der Waals surface area contributed by atoms with Crippen LogP contribution < -0.4 is 0 Å². The summed E-state index contributed by atoms with van der Waals surface area (Å²) in [6.45, 7) is 0. The van der Waals surface area contributed by atoms with E-state index in [1.54, 1.807) is 12.1 Å². The molecule has 1 aliphatic carbocycles. The molecule has 1 aliphatic rings. The topological polar surface area (TPSA) is 20.2 Å². The number of aliphatic hydroxyl groups is 1. The summed E-state index contributed by atoms with van der Waals surface area (Å²) in [4.78, 5) is 0. The lowest BCUT2D eigenvalue weighted by atomic mass is 9.97. The molecule has 68 valence electrons. The standard InChI is InChI=1S/C11H11FO/c12-9-6-4-8(5-7-9)10-2-1-3-11(10)13/h1-2,4-7,10-11,13H,3H2/t10-,11+/m0/s1. The molecule has 1 nitrogen and oxygen atoms in total. The Morgan fingerprint density at radius 1 is 1.23 bits per heavy atom. The highest BCUT2D eigenvalue weighted by Gasteiger charge is 2.21. The highest BCUT2D eigenvalue weighted by molar-refractivity contribution is 5.28. The van der Waals surface area contributed by atoms with Gasteiger partial charge in [-0.15, -0.1) is 0 Å². The summed E-state index contributed by atoms with van der Waals surface area (Å²) >= 11 is 0. The van der Waals surface area contributed by atoms with Gasteiger partial charge in [0.05, 0.1) is 6.10 Å². The molecular formula is C11H11FO. The average molecular weight is 178 g/mol. The maximum atomic E-state index is 12.6. The largest absolute Gasteiger partial charge is 0.392 e. The summed E-state index contributed by atoms with van der Waals surface area (Å²) < 4.78 is 12.6. The van der Waals surface area contributed by atoms with E-state index in [1.165, 1.54) is 12.1 Å². The van der Waals surface area contributed by atoms with Crippen molar-refractivity contribution in [2.24, 2.45) is 0 Å². The fraction of sp³-hybridized carbons (Fsp3) is 0.273. The molecular weight excluding hydrogens is 167 g/mol. The van der Waals surface area contributed by atoms with E-state index in [4.69, 9.17) is 0 Å². The van der Waals surface area contributed by atoms with E-state index < -0.39 is 0 Å². The SMILES string of the molecule is O[C@@H]1CC=C[C@H]1c1ccc(F)cc1. The van der Waals surface area contributed by atoms with Crippen LogP contribution in [-0.4, -0.2) is 11.2 Å². The van der Waals surface area contributed by atoms with Gasteiger partial charge in [0, 0.05) is 5.92 Å². The minimum atomic E-state index is -0.342. The van der Waals surface area contributed by atoms with Crippen LogP contribution in [0.3, 0.4) is 0 Å². The minimum absolute atomic E-state index is 0.0422. The minimum Gasteiger partial charge on any atom is -0.392 e. The smallest absolute Gasteiger partial charge is 0.123 e. The molecule has 1 aromatic carbocycles. The van der Waals surface area contributed by atoms with Gasteiger partial charge in [-0.2, -0.15) is 0 Å². The number of aliphatic hydroxyl groups excluding tert-OH is 1. The summed E-state index contributed by atoms with van der Waals surface area (Å²) in [7, 11) is 0. The van der Waals surface area contributed by atoms with Crippen LogP contribution in [0.15, 0.2) is 36.4 Å². The van der Waals surface area contributed by atoms with E-state index in [0.29, 0.717) is 6.42 Å². The molecule has 0 heterocycles. The average Bonchev–Trinajstić information content (AvgIpc) is 2.53. The maximum Gasteiger partial charge on any atom is 0.123 e. The maximum absolute atomic E-state index is 12.6. The van der Waals surface area contributed by atoms with Crippen molar-refractivity contribution in [3.05, 3.63) is 47.8 Å². The van der Waals surface area contributed by atoms with Crippen LogP contribution in [0.1, 0.15) is 17.9 Å². The molecule has 0 aliphatic heterocycles. The first kappa shape index (κ1) is 8.45. The van der Waals surface area contributed by atoms with Crippen LogP contribution in [0, 0.1) is 5.82 Å². The molecule has 0 aromatic heterocycles. The second-order valence-corrected chi connectivity index (χ2v) is 3.31. The highest BCUT2D eigenvalue weighted by atomic mass is 19.1. The Bertz CT molecular complexity index is 315. The lowest BCUT2D eigenvalue weighted by Crippen LogP contribution is -2.11. The zero-order valence-electron chi connectivity index (χ0n) is 7.15. The van der Waals surface area contributed by atoms with Gasteiger partial charge in [0.2, 0.25) is 0 Å². The molecule has 0 radical (unpaired) electrons. The Balaban J connectivity index is 2.25. The normalized spacial score (nSPS) is 26.6. The molecule has 0 amide bonds. The Hall–Kier alpha value is -1.15. The van der Waals surface area contributed by atoms with Gasteiger partial charge < -0.3 is 5.11 Å². The van der Waals surface area contributed by atoms with E-state index in [1.807, 2.05) is 12.2 Å². The first-order valence-electron chi connectivity index (χ1n) is 4.37. The third-order valence-electron chi connectivity index (χ3n) is 2.39. The van der Waals surface area contributed by atoms with Crippen molar-refractivity contribution >= 4 is 0 Å². The zero-order valence-corrected chi connectivity index (χ0v) is 7.15. The summed E-state index contributed by atoms with van der Waals surface area (Å²) in [6, 6.07) is 6.29. The van der Waals surface area contributed by atoms with Crippen LogP contribution >= 0.6 is 0 Å². The van der Waals surface area contributed by atoms with Crippen molar-refractivity contribution in [2.75, 3.05) is 0 Å². The molecule has 2 rings (SSSR count). The van der Waals surface area contributed by atoms with Gasteiger partial charge in [-0.05, 0) is 24.1 Å². The molecule has 2 atom stereocenters. The Labute approximate surface area is 76.5 Å². The zero-order chi connectivity index (χ0) is 9.26. The molecule has 0 saturated heterocycles. The van der Waals surface area contributed by atoms with Crippen LogP contribution in [-0.2, 0) is 0 Å². The number of halogens is 1. The van der Waals surface area contributed by atoms with E-state index in [2.05, 4.69) is 0 Å². The lowest BCUT2D eigenvalue weighted by Gasteiger charge is -2.13. The molecule has 0 bridgehead atoms. The van der Waals surface area contributed by atoms with Crippen LogP contribution in [0.5, 0.6) is 0 Å². The van der Waals surface area contributed by atoms with E-state index in [0.717, 1.165) is 5.56 Å². The fourth-order valence-electron chi connectivity index (χ4n) is 1.66. The van der Waals surface area contributed by atoms with Crippen molar-refractivity contribution in [3.63, 3.8) is 0 Å². The second kappa shape index (κ2) is 3.30. The van der Waals surface area contributed by atoms with Gasteiger partial charge in [0.25, 0.3) is 0 Å². The summed E-state index contributed by atoms with van der Waals surface area (Å²) in [6.07, 6.45) is 4.28. The quantitative estimate of drug-likeness (QED) is 0.654. The van der Waals surface area contributed by atoms with Gasteiger partial charge in [-0.25, -0.2) is 4.39 Å². The van der Waals surface area contributed by atoms with E-state index in [-0.39, 0.29) is 17.8 Å². The van der Waals surface area contributed by atoms with Gasteiger partial charge in [0.15, 0.2) is 0 Å². The predicted octanol–water partition coefficient (Wildman–Crippen LogP) is 2.23. The monoisotopic (exact) mass is 178 g/mol. The van der Waals surface area contributed by atoms with Crippen LogP contribution in [0.25, 0.3) is 0 Å². The Morgan fingerprint density at radius 3 is 2.46 bits per heavy atom. The van der Waals surface area contributed by atoms with E-state index >= 15 is 0 Å². The first-order valence-corrected chi connectivity index (χ1v) is 4.37. The van der Waals surface area contributed by atoms with Crippen molar-refractivity contribution in [2.45, 2.75) is 18.4 Å². The Kier molecular flexibility index (Phi) is 2.15. The number of benzene rings is 1. The third-order valence-corrected chi connectivity index (χ3v) is 2.39. The van der Waals surface area contributed by atoms with E-state index in [9.17, 15) is 9.50 Å². The summed E-state index contributed by atoms with van der Waals surface area (Å²) in [5.74, 6) is -0.194. The number of hydrogen-bond acceptors (Lipinski definition) is 1. The van der Waals surface area contributed by atoms with Gasteiger partial charge >= 0.3 is 0 Å². The molecule has 0 fully saturated rings.